The van der Waals surface area contributed by atoms with Crippen molar-refractivity contribution in [2.75, 3.05) is 5.32 Å². The van der Waals surface area contributed by atoms with Crippen molar-refractivity contribution in [3.63, 3.8) is 0 Å². The summed E-state index contributed by atoms with van der Waals surface area (Å²) in [6.45, 7) is 1.73. The number of aliphatic carboxylic acids is 1. The average molecular weight is 292 g/mol. The Hall–Kier alpha value is -2.44. The van der Waals surface area contributed by atoms with Gasteiger partial charge < -0.3 is 10.4 Å². The lowest BCUT2D eigenvalue weighted by atomic mass is 10.0. The Bertz CT molecular complexity index is 599. The zero-order valence-electron chi connectivity index (χ0n) is 11.5. The van der Waals surface area contributed by atoms with E-state index in [0.717, 1.165) is 5.56 Å². The molecule has 1 fully saturated rings. The molecule has 1 amide bonds. The largest absolute Gasteiger partial charge is 0.481 e. The van der Waals surface area contributed by atoms with Crippen LogP contribution < -0.4 is 5.32 Å². The molecule has 0 radical (unpaired) electrons. The molecular weight excluding hydrogens is 276 g/mol. The summed E-state index contributed by atoms with van der Waals surface area (Å²) < 4.78 is 0. The average Bonchev–Trinajstić information content (AvgIpc) is 2.90. The molecule has 2 N–H and O–H groups in total. The van der Waals surface area contributed by atoms with Crippen LogP contribution in [0.15, 0.2) is 18.2 Å². The molecule has 0 saturated heterocycles. The second kappa shape index (κ2) is 5.90. The summed E-state index contributed by atoms with van der Waals surface area (Å²) in [5, 5.41) is 22.5. The van der Waals surface area contributed by atoms with Crippen molar-refractivity contribution in [2.24, 2.45) is 11.8 Å². The van der Waals surface area contributed by atoms with Crippen LogP contribution in [-0.2, 0) is 9.59 Å². The van der Waals surface area contributed by atoms with E-state index in [1.165, 1.54) is 12.1 Å². The quantitative estimate of drug-likeness (QED) is 0.653. The maximum atomic E-state index is 12.1. The number of hydrogen-bond donors (Lipinski definition) is 2. The molecular formula is C14H16N2O5. The zero-order valence-corrected chi connectivity index (χ0v) is 11.5. The fraction of sp³-hybridized carbons (Fsp3) is 0.429. The third kappa shape index (κ3) is 3.36. The lowest BCUT2D eigenvalue weighted by molar-refractivity contribution is -0.384. The molecule has 0 spiro atoms. The van der Waals surface area contributed by atoms with Gasteiger partial charge in [0.05, 0.1) is 10.8 Å². The van der Waals surface area contributed by atoms with E-state index in [-0.39, 0.29) is 23.7 Å². The number of anilines is 1. The van der Waals surface area contributed by atoms with Crippen molar-refractivity contribution in [3.05, 3.63) is 33.9 Å². The molecule has 0 bridgehead atoms. The van der Waals surface area contributed by atoms with Crippen molar-refractivity contribution in [1.29, 1.82) is 0 Å². The Balaban J connectivity index is 2.10. The van der Waals surface area contributed by atoms with Crippen molar-refractivity contribution in [1.82, 2.24) is 0 Å². The summed E-state index contributed by atoms with van der Waals surface area (Å²) in [7, 11) is 0. The first kappa shape index (κ1) is 15.0. The van der Waals surface area contributed by atoms with E-state index in [2.05, 4.69) is 5.32 Å². The number of carboxylic acids is 1. The molecule has 1 saturated carbocycles. The number of nitro groups is 1. The number of carbonyl (C=O) groups excluding carboxylic acids is 1. The first-order valence-electron chi connectivity index (χ1n) is 6.67. The molecule has 2 unspecified atom stereocenters. The summed E-state index contributed by atoms with van der Waals surface area (Å²) in [5.41, 5.74) is 0.719. The summed E-state index contributed by atoms with van der Waals surface area (Å²) in [6.07, 6.45) is 1.23. The number of aryl methyl sites for hydroxylation is 1. The Kier molecular flexibility index (Phi) is 4.21. The van der Waals surface area contributed by atoms with Crippen LogP contribution in [0.1, 0.15) is 24.8 Å². The predicted molar refractivity (Wildman–Crippen MR) is 74.9 cm³/mol. The van der Waals surface area contributed by atoms with Gasteiger partial charge in [-0.25, -0.2) is 0 Å². The van der Waals surface area contributed by atoms with Crippen LogP contribution in [0.3, 0.4) is 0 Å². The number of benzene rings is 1. The number of nitrogens with zero attached hydrogens (tertiary/aromatic N) is 1. The van der Waals surface area contributed by atoms with Crippen LogP contribution in [0, 0.1) is 28.9 Å². The van der Waals surface area contributed by atoms with Gasteiger partial charge in [-0.3, -0.25) is 19.7 Å². The first-order chi connectivity index (χ1) is 9.88. The predicted octanol–water partition coefficient (Wildman–Crippen LogP) is 2.34. The first-order valence-corrected chi connectivity index (χ1v) is 6.67. The molecule has 112 valence electrons. The van der Waals surface area contributed by atoms with E-state index in [4.69, 9.17) is 5.11 Å². The summed E-state index contributed by atoms with van der Waals surface area (Å²) in [5.74, 6) is -2.17. The van der Waals surface area contributed by atoms with Crippen LogP contribution in [0.4, 0.5) is 11.4 Å². The Labute approximate surface area is 121 Å². The van der Waals surface area contributed by atoms with E-state index in [1.54, 1.807) is 13.0 Å². The molecule has 1 aliphatic rings. The van der Waals surface area contributed by atoms with Gasteiger partial charge in [-0.05, 0) is 37.8 Å². The normalized spacial score (nSPS) is 21.0. The maximum absolute atomic E-state index is 12.1. The molecule has 21 heavy (non-hydrogen) atoms. The molecule has 0 aromatic heterocycles. The van der Waals surface area contributed by atoms with E-state index in [9.17, 15) is 19.7 Å². The minimum atomic E-state index is -0.897. The van der Waals surface area contributed by atoms with Gasteiger partial charge in [-0.15, -0.1) is 0 Å². The molecule has 2 atom stereocenters. The van der Waals surface area contributed by atoms with Gasteiger partial charge in [-0.2, -0.15) is 0 Å². The number of nitro benzene ring substituents is 1. The summed E-state index contributed by atoms with van der Waals surface area (Å²) >= 11 is 0. The van der Waals surface area contributed by atoms with Crippen molar-refractivity contribution in [3.8, 4) is 0 Å². The van der Waals surface area contributed by atoms with Gasteiger partial charge in [0.1, 0.15) is 5.69 Å². The van der Waals surface area contributed by atoms with Crippen LogP contribution >= 0.6 is 0 Å². The Morgan fingerprint density at radius 3 is 2.57 bits per heavy atom. The minimum Gasteiger partial charge on any atom is -0.481 e. The third-order valence-corrected chi connectivity index (χ3v) is 3.76. The highest BCUT2D eigenvalue weighted by Crippen LogP contribution is 2.33. The van der Waals surface area contributed by atoms with Gasteiger partial charge >= 0.3 is 5.97 Å². The number of hydrogen-bond acceptors (Lipinski definition) is 4. The lowest BCUT2D eigenvalue weighted by Crippen LogP contribution is -2.22. The highest BCUT2D eigenvalue weighted by molar-refractivity contribution is 5.95. The van der Waals surface area contributed by atoms with E-state index in [1.807, 2.05) is 0 Å². The number of carboxylic acid groups (broad SMARTS) is 1. The van der Waals surface area contributed by atoms with E-state index >= 15 is 0 Å². The maximum Gasteiger partial charge on any atom is 0.306 e. The van der Waals surface area contributed by atoms with Gasteiger partial charge in [0, 0.05) is 12.0 Å². The molecule has 7 heteroatoms. The molecule has 7 nitrogen and oxygen atoms in total. The van der Waals surface area contributed by atoms with Crippen LogP contribution in [0.2, 0.25) is 0 Å². The van der Waals surface area contributed by atoms with Gasteiger partial charge in [-0.1, -0.05) is 6.07 Å². The zero-order chi connectivity index (χ0) is 15.6. The van der Waals surface area contributed by atoms with Crippen LogP contribution in [-0.4, -0.2) is 21.9 Å². The van der Waals surface area contributed by atoms with Crippen molar-refractivity contribution < 1.29 is 19.6 Å². The SMILES string of the molecule is Cc1ccc(NC(=O)C2CCC(C(=O)O)C2)c([N+](=O)[O-])c1. The molecule has 0 aliphatic heterocycles. The summed E-state index contributed by atoms with van der Waals surface area (Å²) in [6, 6.07) is 4.57. The lowest BCUT2D eigenvalue weighted by Gasteiger charge is -2.11. The number of carbonyl (C=O) groups is 2. The topological polar surface area (TPSA) is 110 Å². The fourth-order valence-electron chi connectivity index (χ4n) is 2.58. The molecule has 1 aliphatic carbocycles. The Morgan fingerprint density at radius 2 is 2.00 bits per heavy atom. The molecule has 0 heterocycles. The molecule has 1 aromatic rings. The smallest absolute Gasteiger partial charge is 0.306 e. The summed E-state index contributed by atoms with van der Waals surface area (Å²) in [4.78, 5) is 33.5. The second-order valence-corrected chi connectivity index (χ2v) is 5.31. The van der Waals surface area contributed by atoms with E-state index < -0.39 is 22.7 Å². The third-order valence-electron chi connectivity index (χ3n) is 3.76. The van der Waals surface area contributed by atoms with Crippen molar-refractivity contribution in [2.45, 2.75) is 26.2 Å². The highest BCUT2D eigenvalue weighted by atomic mass is 16.6. The number of nitrogens with one attached hydrogen (secondary N) is 1. The Morgan fingerprint density at radius 1 is 1.33 bits per heavy atom. The standard InChI is InChI=1S/C14H16N2O5/c1-8-2-5-11(12(6-8)16(20)21)15-13(17)9-3-4-10(7-9)14(18)19/h2,5-6,9-10H,3-4,7H2,1H3,(H,15,17)(H,18,19). The van der Waals surface area contributed by atoms with Crippen LogP contribution in [0.5, 0.6) is 0 Å². The van der Waals surface area contributed by atoms with Crippen molar-refractivity contribution >= 4 is 23.3 Å². The minimum absolute atomic E-state index is 0.148. The number of rotatable bonds is 4. The molecule has 2 rings (SSSR count). The van der Waals surface area contributed by atoms with Gasteiger partial charge in [0.2, 0.25) is 5.91 Å². The van der Waals surface area contributed by atoms with Crippen LogP contribution in [0.25, 0.3) is 0 Å². The second-order valence-electron chi connectivity index (χ2n) is 5.31. The van der Waals surface area contributed by atoms with Gasteiger partial charge in [0.15, 0.2) is 0 Å². The van der Waals surface area contributed by atoms with Gasteiger partial charge in [0.25, 0.3) is 5.69 Å². The highest BCUT2D eigenvalue weighted by Gasteiger charge is 2.34. The molecule has 1 aromatic carbocycles. The fourth-order valence-corrected chi connectivity index (χ4v) is 2.58. The number of amides is 1. The van der Waals surface area contributed by atoms with E-state index in [0.29, 0.717) is 12.8 Å². The monoisotopic (exact) mass is 292 g/mol.